The molecule has 2 rings (SSSR count). The minimum atomic E-state index is -3.44. The summed E-state index contributed by atoms with van der Waals surface area (Å²) in [6.45, 7) is 2.80. The van der Waals surface area contributed by atoms with E-state index in [0.29, 0.717) is 19.1 Å². The van der Waals surface area contributed by atoms with Gasteiger partial charge in [0.2, 0.25) is 0 Å². The molecule has 0 aromatic rings. The van der Waals surface area contributed by atoms with Gasteiger partial charge in [0.05, 0.1) is 12.1 Å². The average molecular weight is 249 g/mol. The zero-order valence-electron chi connectivity index (χ0n) is 9.35. The van der Waals surface area contributed by atoms with Crippen molar-refractivity contribution in [1.29, 1.82) is 0 Å². The Bertz CT molecular complexity index is 346. The van der Waals surface area contributed by atoms with E-state index in [-0.39, 0.29) is 18.2 Å². The van der Waals surface area contributed by atoms with E-state index in [1.54, 1.807) is 6.92 Å². The van der Waals surface area contributed by atoms with E-state index in [1.807, 2.05) is 0 Å². The van der Waals surface area contributed by atoms with Gasteiger partial charge in [0.1, 0.15) is 0 Å². The van der Waals surface area contributed by atoms with Gasteiger partial charge in [-0.2, -0.15) is 13.1 Å². The number of fused-ring (bicyclic) bond motifs is 1. The van der Waals surface area contributed by atoms with E-state index in [0.717, 1.165) is 12.8 Å². The molecular weight excluding hydrogens is 230 g/mol. The summed E-state index contributed by atoms with van der Waals surface area (Å²) >= 11 is 0. The summed E-state index contributed by atoms with van der Waals surface area (Å²) in [5.41, 5.74) is 5.95. The van der Waals surface area contributed by atoms with Crippen LogP contribution in [-0.4, -0.2) is 39.8 Å². The molecule has 2 fully saturated rings. The lowest BCUT2D eigenvalue weighted by molar-refractivity contribution is -0.114. The highest BCUT2D eigenvalue weighted by Crippen LogP contribution is 2.37. The molecule has 7 heteroatoms. The molecule has 2 aliphatic rings. The molecule has 6 nitrogen and oxygen atoms in total. The van der Waals surface area contributed by atoms with E-state index in [2.05, 4.69) is 9.44 Å². The van der Waals surface area contributed by atoms with Crippen LogP contribution in [0.1, 0.15) is 19.8 Å². The first-order valence-corrected chi connectivity index (χ1v) is 7.17. The SMILES string of the molecule is CCNS(=O)(=O)NC1C(N)C2CCCOC21. The van der Waals surface area contributed by atoms with Crippen LogP contribution in [0.5, 0.6) is 0 Å². The number of nitrogens with one attached hydrogen (secondary N) is 2. The number of hydrogen-bond donors (Lipinski definition) is 3. The largest absolute Gasteiger partial charge is 0.376 e. The van der Waals surface area contributed by atoms with Crippen molar-refractivity contribution in [2.45, 2.75) is 38.0 Å². The Morgan fingerprint density at radius 2 is 2.25 bits per heavy atom. The molecular formula is C9H19N3O3S. The van der Waals surface area contributed by atoms with Gasteiger partial charge in [-0.05, 0) is 12.8 Å². The third kappa shape index (κ3) is 2.23. The van der Waals surface area contributed by atoms with Gasteiger partial charge in [-0.15, -0.1) is 0 Å². The second kappa shape index (κ2) is 4.58. The van der Waals surface area contributed by atoms with Crippen molar-refractivity contribution in [3.63, 3.8) is 0 Å². The molecule has 0 radical (unpaired) electrons. The fourth-order valence-corrected chi connectivity index (χ4v) is 3.62. The lowest BCUT2D eigenvalue weighted by Gasteiger charge is -2.52. The Balaban J connectivity index is 1.96. The Hall–Kier alpha value is -0.210. The monoisotopic (exact) mass is 249 g/mol. The molecule has 94 valence electrons. The van der Waals surface area contributed by atoms with Crippen molar-refractivity contribution in [1.82, 2.24) is 9.44 Å². The van der Waals surface area contributed by atoms with Crippen molar-refractivity contribution in [2.75, 3.05) is 13.2 Å². The smallest absolute Gasteiger partial charge is 0.277 e. The maximum Gasteiger partial charge on any atom is 0.277 e. The molecule has 1 heterocycles. The molecule has 1 aliphatic heterocycles. The van der Waals surface area contributed by atoms with E-state index in [9.17, 15) is 8.42 Å². The van der Waals surface area contributed by atoms with Gasteiger partial charge in [0.25, 0.3) is 10.2 Å². The van der Waals surface area contributed by atoms with Crippen molar-refractivity contribution in [3.05, 3.63) is 0 Å². The van der Waals surface area contributed by atoms with Gasteiger partial charge >= 0.3 is 0 Å². The average Bonchev–Trinajstić information content (AvgIpc) is 2.26. The molecule has 0 amide bonds. The maximum absolute atomic E-state index is 11.5. The normalized spacial score (nSPS) is 38.9. The molecule has 4 atom stereocenters. The Kier molecular flexibility index (Phi) is 3.50. The summed E-state index contributed by atoms with van der Waals surface area (Å²) in [4.78, 5) is 0. The molecule has 0 spiro atoms. The van der Waals surface area contributed by atoms with Crippen LogP contribution in [0.25, 0.3) is 0 Å². The summed E-state index contributed by atoms with van der Waals surface area (Å²) < 4.78 is 33.5. The minimum absolute atomic E-state index is 0.0443. The van der Waals surface area contributed by atoms with Crippen molar-refractivity contribution in [3.8, 4) is 0 Å². The fraction of sp³-hybridized carbons (Fsp3) is 1.00. The van der Waals surface area contributed by atoms with Crippen molar-refractivity contribution < 1.29 is 13.2 Å². The van der Waals surface area contributed by atoms with Crippen LogP contribution in [-0.2, 0) is 14.9 Å². The standard InChI is InChI=1S/C9H19N3O3S/c1-2-11-16(13,14)12-8-7(10)6-4-3-5-15-9(6)8/h6-9,11-12H,2-5,10H2,1H3. The van der Waals surface area contributed by atoms with Gasteiger partial charge in [-0.3, -0.25) is 0 Å². The molecule has 1 aliphatic carbocycles. The Morgan fingerprint density at radius 3 is 2.94 bits per heavy atom. The van der Waals surface area contributed by atoms with E-state index < -0.39 is 10.2 Å². The highest BCUT2D eigenvalue weighted by atomic mass is 32.2. The quantitative estimate of drug-likeness (QED) is 0.592. The van der Waals surface area contributed by atoms with Crippen molar-refractivity contribution >= 4 is 10.2 Å². The van der Waals surface area contributed by atoms with Gasteiger partial charge in [0, 0.05) is 25.1 Å². The summed E-state index contributed by atoms with van der Waals surface area (Å²) in [7, 11) is -3.44. The van der Waals surface area contributed by atoms with Gasteiger partial charge in [-0.1, -0.05) is 6.92 Å². The first kappa shape index (κ1) is 12.3. The zero-order chi connectivity index (χ0) is 11.8. The molecule has 4 N–H and O–H groups in total. The summed E-state index contributed by atoms with van der Waals surface area (Å²) in [5.74, 6) is 0.308. The number of ether oxygens (including phenoxy) is 1. The summed E-state index contributed by atoms with van der Waals surface area (Å²) in [6, 6.07) is -0.409. The highest BCUT2D eigenvalue weighted by molar-refractivity contribution is 7.87. The first-order valence-electron chi connectivity index (χ1n) is 5.69. The predicted molar refractivity (Wildman–Crippen MR) is 60.0 cm³/mol. The molecule has 1 saturated heterocycles. The second-order valence-electron chi connectivity index (χ2n) is 4.36. The highest BCUT2D eigenvalue weighted by Gasteiger charge is 2.51. The third-order valence-corrected chi connectivity index (χ3v) is 4.55. The third-order valence-electron chi connectivity index (χ3n) is 3.30. The molecule has 0 aromatic heterocycles. The molecule has 16 heavy (non-hydrogen) atoms. The van der Waals surface area contributed by atoms with E-state index in [1.165, 1.54) is 0 Å². The minimum Gasteiger partial charge on any atom is -0.376 e. The predicted octanol–water partition coefficient (Wildman–Crippen LogP) is -1.06. The topological polar surface area (TPSA) is 93.5 Å². The molecule has 4 unspecified atom stereocenters. The molecule has 0 bridgehead atoms. The lowest BCUT2D eigenvalue weighted by Crippen LogP contribution is -2.72. The van der Waals surface area contributed by atoms with E-state index in [4.69, 9.17) is 10.5 Å². The summed E-state index contributed by atoms with van der Waals surface area (Å²) in [6.07, 6.45) is 2.00. The molecule has 0 aromatic carbocycles. The number of rotatable bonds is 4. The van der Waals surface area contributed by atoms with Gasteiger partial charge in [-0.25, -0.2) is 4.72 Å². The van der Waals surface area contributed by atoms with Crippen LogP contribution in [0.15, 0.2) is 0 Å². The van der Waals surface area contributed by atoms with E-state index >= 15 is 0 Å². The lowest BCUT2D eigenvalue weighted by atomic mass is 9.69. The van der Waals surface area contributed by atoms with Gasteiger partial charge < -0.3 is 10.5 Å². The van der Waals surface area contributed by atoms with Crippen LogP contribution in [0.3, 0.4) is 0 Å². The van der Waals surface area contributed by atoms with Crippen LogP contribution < -0.4 is 15.2 Å². The second-order valence-corrected chi connectivity index (χ2v) is 5.90. The Morgan fingerprint density at radius 1 is 1.50 bits per heavy atom. The van der Waals surface area contributed by atoms with Gasteiger partial charge in [0.15, 0.2) is 0 Å². The number of nitrogens with two attached hydrogens (primary N) is 1. The van der Waals surface area contributed by atoms with Crippen LogP contribution >= 0.6 is 0 Å². The maximum atomic E-state index is 11.5. The summed E-state index contributed by atoms with van der Waals surface area (Å²) in [5, 5.41) is 0. The number of hydrogen-bond acceptors (Lipinski definition) is 4. The van der Waals surface area contributed by atoms with Crippen LogP contribution in [0, 0.1) is 5.92 Å². The van der Waals surface area contributed by atoms with Crippen molar-refractivity contribution in [2.24, 2.45) is 11.7 Å². The Labute approximate surface area is 96.1 Å². The molecule has 1 saturated carbocycles. The first-order chi connectivity index (χ1) is 7.55. The van der Waals surface area contributed by atoms with Crippen LogP contribution in [0.4, 0.5) is 0 Å². The fourth-order valence-electron chi connectivity index (χ4n) is 2.50. The zero-order valence-corrected chi connectivity index (χ0v) is 10.2. The van der Waals surface area contributed by atoms with Crippen LogP contribution in [0.2, 0.25) is 0 Å².